The van der Waals surface area contributed by atoms with Gasteiger partial charge in [-0.1, -0.05) is 10.4 Å². The molecule has 5 aliphatic rings. The van der Waals surface area contributed by atoms with Crippen molar-refractivity contribution in [2.45, 2.75) is 69.4 Å². The molecule has 0 amide bonds. The third-order valence-electron chi connectivity index (χ3n) is 6.55. The second kappa shape index (κ2) is 5.55. The third-order valence-corrected chi connectivity index (χ3v) is 6.55. The Morgan fingerprint density at radius 3 is 2.96 bits per heavy atom. The van der Waals surface area contributed by atoms with E-state index in [2.05, 4.69) is 33.4 Å². The molecule has 5 rings (SSSR count). The van der Waals surface area contributed by atoms with Crippen LogP contribution in [-0.2, 0) is 0 Å². The number of aliphatic hydroxyl groups is 1. The number of nitrogens with one attached hydrogen (secondary N) is 2. The smallest absolute Gasteiger partial charge is 0.318 e. The van der Waals surface area contributed by atoms with E-state index in [-0.39, 0.29) is 24.4 Å². The van der Waals surface area contributed by atoms with Crippen LogP contribution in [0.1, 0.15) is 39.0 Å². The van der Waals surface area contributed by atoms with E-state index in [1.54, 1.807) is 0 Å². The lowest BCUT2D eigenvalue weighted by atomic mass is 9.92. The predicted octanol–water partition coefficient (Wildman–Crippen LogP) is 1.10. The molecule has 0 aromatic carbocycles. The molecule has 0 aromatic rings. The minimum Gasteiger partial charge on any atom is -0.393 e. The Morgan fingerprint density at radius 1 is 1.38 bits per heavy atom. The maximum Gasteiger partial charge on any atom is 0.318 e. The molecule has 6 heteroatoms. The summed E-state index contributed by atoms with van der Waals surface area (Å²) in [6.45, 7) is 2.78. The van der Waals surface area contributed by atoms with Crippen LogP contribution in [0.2, 0.25) is 0 Å². The van der Waals surface area contributed by atoms with Crippen LogP contribution in [0.3, 0.4) is 0 Å². The molecule has 0 spiro atoms. The number of rotatable bonds is 3. The zero-order valence-corrected chi connectivity index (χ0v) is 14.2. The molecule has 6 nitrogen and oxygen atoms in total. The summed E-state index contributed by atoms with van der Waals surface area (Å²) < 4.78 is 0. The summed E-state index contributed by atoms with van der Waals surface area (Å²) in [4.78, 5) is 11.5. The van der Waals surface area contributed by atoms with Gasteiger partial charge in [0.25, 0.3) is 0 Å². The van der Waals surface area contributed by atoms with Crippen molar-refractivity contribution in [1.82, 2.24) is 15.5 Å². The zero-order chi connectivity index (χ0) is 16.3. The molecule has 3 N–H and O–H groups in total. The highest BCUT2D eigenvalue weighted by Crippen LogP contribution is 2.45. The number of hydrogen-bond acceptors (Lipinski definition) is 5. The highest BCUT2D eigenvalue weighted by Gasteiger charge is 2.48. The Kier molecular flexibility index (Phi) is 3.44. The van der Waals surface area contributed by atoms with Gasteiger partial charge in [0.1, 0.15) is 6.04 Å². The van der Waals surface area contributed by atoms with Crippen LogP contribution in [0.4, 0.5) is 0 Å². The van der Waals surface area contributed by atoms with Gasteiger partial charge in [-0.3, -0.25) is 10.3 Å². The van der Waals surface area contributed by atoms with E-state index in [4.69, 9.17) is 4.99 Å². The molecule has 128 valence electrons. The van der Waals surface area contributed by atoms with Gasteiger partial charge in [0.15, 0.2) is 6.04 Å². The lowest BCUT2D eigenvalue weighted by molar-refractivity contribution is 0.0977. The lowest BCUT2D eigenvalue weighted by Gasteiger charge is -2.32. The van der Waals surface area contributed by atoms with Crippen molar-refractivity contribution in [3.8, 4) is 6.07 Å². The molecule has 3 fully saturated rings. The summed E-state index contributed by atoms with van der Waals surface area (Å²) in [5.74, 6) is 1.09. The minimum absolute atomic E-state index is 0.0765. The summed E-state index contributed by atoms with van der Waals surface area (Å²) in [7, 11) is 0. The summed E-state index contributed by atoms with van der Waals surface area (Å²) in [6.07, 6.45) is 7.67. The number of aliphatic hydroxyl groups excluding tert-OH is 1. The van der Waals surface area contributed by atoms with E-state index < -0.39 is 0 Å². The maximum absolute atomic E-state index is 9.99. The number of nitrogens with zero attached hydrogens (tertiary/aromatic N) is 3. The summed E-state index contributed by atoms with van der Waals surface area (Å²) in [6, 6.07) is 3.99. The molecule has 0 saturated heterocycles. The molecule has 0 radical (unpaired) electrons. The van der Waals surface area contributed by atoms with Crippen molar-refractivity contribution in [3.63, 3.8) is 0 Å². The van der Waals surface area contributed by atoms with E-state index in [1.807, 2.05) is 6.34 Å². The van der Waals surface area contributed by atoms with Crippen molar-refractivity contribution in [1.29, 1.82) is 0 Å². The molecule has 24 heavy (non-hydrogen) atoms. The van der Waals surface area contributed by atoms with Gasteiger partial charge in [0.05, 0.1) is 18.6 Å². The van der Waals surface area contributed by atoms with E-state index >= 15 is 0 Å². The largest absolute Gasteiger partial charge is 0.393 e. The molecule has 0 aromatic heterocycles. The number of allylic oxidation sites excluding steroid dienone is 2. The summed E-state index contributed by atoms with van der Waals surface area (Å²) in [5, 5.41) is 17.3. The van der Waals surface area contributed by atoms with Gasteiger partial charge in [-0.2, -0.15) is 0 Å². The number of hydrogen-bond donors (Lipinski definition) is 3. The standard InChI is InChI=1S/C18H26N5O/c1-10(11-2-3-11)23-9-21-17-15(23)7-19-8-20-18(17)22-14-5-13-4-12(14)6-16(13)24/h9,12-18,20,22,24H,2-6,8H2,1H3/q+1. The van der Waals surface area contributed by atoms with E-state index in [0.29, 0.717) is 24.5 Å². The van der Waals surface area contributed by atoms with Crippen molar-refractivity contribution < 1.29 is 5.11 Å². The first kappa shape index (κ1) is 14.9. The predicted molar refractivity (Wildman–Crippen MR) is 92.6 cm³/mol. The molecule has 3 aliphatic carbocycles. The van der Waals surface area contributed by atoms with Crippen LogP contribution in [0, 0.1) is 17.9 Å². The van der Waals surface area contributed by atoms with E-state index in [1.165, 1.54) is 30.5 Å². The van der Waals surface area contributed by atoms with Crippen molar-refractivity contribution in [2.24, 2.45) is 16.8 Å². The lowest BCUT2D eigenvalue weighted by Crippen LogP contribution is -2.57. The average Bonchev–Trinajstić information content (AvgIpc) is 3.16. The van der Waals surface area contributed by atoms with E-state index in [9.17, 15) is 5.11 Å². The average molecular weight is 328 g/mol. The second-order valence-electron chi connectivity index (χ2n) is 7.99. The molecular weight excluding hydrogens is 302 g/mol. The molecule has 7 atom stereocenters. The first-order valence-electron chi connectivity index (χ1n) is 9.30. The van der Waals surface area contributed by atoms with Crippen LogP contribution in [0.25, 0.3) is 4.85 Å². The second-order valence-corrected chi connectivity index (χ2v) is 7.99. The molecule has 2 heterocycles. The highest BCUT2D eigenvalue weighted by molar-refractivity contribution is 5.64. The van der Waals surface area contributed by atoms with Crippen molar-refractivity contribution in [2.75, 3.05) is 6.67 Å². The fourth-order valence-corrected chi connectivity index (χ4v) is 5.02. The first-order chi connectivity index (χ1) is 11.7. The molecule has 7 unspecified atom stereocenters. The topological polar surface area (TPSA) is 64.2 Å². The maximum atomic E-state index is 9.99. The van der Waals surface area contributed by atoms with E-state index in [0.717, 1.165) is 12.8 Å². The van der Waals surface area contributed by atoms with Crippen LogP contribution in [0.5, 0.6) is 0 Å². The zero-order valence-electron chi connectivity index (χ0n) is 14.2. The summed E-state index contributed by atoms with van der Waals surface area (Å²) in [5.41, 5.74) is 2.87. The van der Waals surface area contributed by atoms with Gasteiger partial charge in [-0.25, -0.2) is 5.32 Å². The molecule has 3 saturated carbocycles. The molecule has 2 bridgehead atoms. The highest BCUT2D eigenvalue weighted by atomic mass is 16.3. The van der Waals surface area contributed by atoms with Crippen molar-refractivity contribution in [3.05, 3.63) is 16.1 Å². The van der Waals surface area contributed by atoms with Crippen LogP contribution in [0.15, 0.2) is 16.3 Å². The minimum atomic E-state index is -0.0765. The Bertz CT molecular complexity index is 654. The molecule has 2 aliphatic heterocycles. The Labute approximate surface area is 142 Å². The van der Waals surface area contributed by atoms with Gasteiger partial charge in [-0.05, 0) is 50.9 Å². The Morgan fingerprint density at radius 2 is 2.25 bits per heavy atom. The number of fused-ring (bicyclic) bond motifs is 3. The normalized spacial score (nSPS) is 45.0. The van der Waals surface area contributed by atoms with Crippen LogP contribution < -0.4 is 10.6 Å². The van der Waals surface area contributed by atoms with Crippen LogP contribution >= 0.6 is 0 Å². The van der Waals surface area contributed by atoms with Gasteiger partial charge in [0, 0.05) is 11.7 Å². The van der Waals surface area contributed by atoms with Crippen LogP contribution in [-0.4, -0.2) is 53.4 Å². The first-order valence-corrected chi connectivity index (χ1v) is 9.30. The van der Waals surface area contributed by atoms with Gasteiger partial charge >= 0.3 is 12.7 Å². The summed E-state index contributed by atoms with van der Waals surface area (Å²) >= 11 is 0. The fraction of sp³-hybridized carbons (Fsp3) is 0.778. The third kappa shape index (κ3) is 2.38. The van der Waals surface area contributed by atoms with Gasteiger partial charge < -0.3 is 10.0 Å². The Hall–Kier alpha value is -1.42. The monoisotopic (exact) mass is 328 g/mol. The van der Waals surface area contributed by atoms with Gasteiger partial charge in [0.2, 0.25) is 0 Å². The van der Waals surface area contributed by atoms with Crippen molar-refractivity contribution >= 4 is 6.34 Å². The number of aliphatic imine (C=N–C) groups is 1. The quantitative estimate of drug-likeness (QED) is 0.726. The molecular formula is C18H26N5O+. The Balaban J connectivity index is 1.32. The fourth-order valence-electron chi connectivity index (χ4n) is 5.02. The van der Waals surface area contributed by atoms with Gasteiger partial charge in [-0.15, -0.1) is 0 Å². The SMILES string of the molecule is CC(=C1CC1)N1C=NC2C(NC3CC4CC3CC4O)NC[N+]#CC21.